The predicted octanol–water partition coefficient (Wildman–Crippen LogP) is 2.06. The average Bonchev–Trinajstić information content (AvgIpc) is 2.00. The molecular formula is C9H18O3. The summed E-state index contributed by atoms with van der Waals surface area (Å²) < 4.78 is 5.27. The number of hydrogen-bond acceptors (Lipinski definition) is 2. The lowest BCUT2D eigenvalue weighted by molar-refractivity contribution is -0.140. The monoisotopic (exact) mass is 174 g/mol. The van der Waals surface area contributed by atoms with E-state index >= 15 is 0 Å². The Morgan fingerprint density at radius 1 is 1.50 bits per heavy atom. The first-order valence-electron chi connectivity index (χ1n) is 4.54. The van der Waals surface area contributed by atoms with Gasteiger partial charge in [-0.05, 0) is 13.3 Å². The van der Waals surface area contributed by atoms with Crippen LogP contribution in [0.4, 0.5) is 0 Å². The zero-order chi connectivity index (χ0) is 9.40. The van der Waals surface area contributed by atoms with Crippen molar-refractivity contribution in [2.24, 2.45) is 0 Å². The Balaban J connectivity index is 3.61. The van der Waals surface area contributed by atoms with Crippen molar-refractivity contribution in [3.63, 3.8) is 0 Å². The van der Waals surface area contributed by atoms with Crippen LogP contribution in [0.2, 0.25) is 0 Å². The summed E-state index contributed by atoms with van der Waals surface area (Å²) in [5.41, 5.74) is 0. The summed E-state index contributed by atoms with van der Waals surface area (Å²) in [7, 11) is 0. The molecule has 0 amide bonds. The van der Waals surface area contributed by atoms with Crippen LogP contribution in [0.5, 0.6) is 0 Å². The van der Waals surface area contributed by atoms with E-state index in [4.69, 9.17) is 9.84 Å². The van der Waals surface area contributed by atoms with Crippen molar-refractivity contribution in [3.8, 4) is 0 Å². The maximum atomic E-state index is 10.4. The highest BCUT2D eigenvalue weighted by molar-refractivity contribution is 5.67. The van der Waals surface area contributed by atoms with E-state index in [0.717, 1.165) is 19.3 Å². The van der Waals surface area contributed by atoms with Gasteiger partial charge in [-0.1, -0.05) is 19.8 Å². The van der Waals surface area contributed by atoms with Crippen LogP contribution in [-0.4, -0.2) is 23.8 Å². The molecule has 0 fully saturated rings. The number of ether oxygens (including phenoxy) is 1. The molecule has 1 unspecified atom stereocenters. The zero-order valence-corrected chi connectivity index (χ0v) is 7.88. The lowest BCUT2D eigenvalue weighted by atomic mass is 10.1. The molecule has 1 N–H and O–H groups in total. The number of aliphatic carboxylic acids is 1. The van der Waals surface area contributed by atoms with Gasteiger partial charge in [-0.25, -0.2) is 0 Å². The van der Waals surface area contributed by atoms with Gasteiger partial charge in [0.15, 0.2) is 0 Å². The summed E-state index contributed by atoms with van der Waals surface area (Å²) in [5, 5.41) is 8.53. The predicted molar refractivity (Wildman–Crippen MR) is 47.2 cm³/mol. The molecule has 72 valence electrons. The van der Waals surface area contributed by atoms with Crippen molar-refractivity contribution >= 4 is 5.97 Å². The summed E-state index contributed by atoms with van der Waals surface area (Å²) in [6.45, 7) is 4.58. The van der Waals surface area contributed by atoms with E-state index in [2.05, 4.69) is 6.92 Å². The van der Waals surface area contributed by atoms with Gasteiger partial charge in [0.2, 0.25) is 0 Å². The van der Waals surface area contributed by atoms with E-state index in [1.54, 1.807) is 0 Å². The van der Waals surface area contributed by atoms with Crippen LogP contribution in [0, 0.1) is 0 Å². The van der Waals surface area contributed by atoms with Gasteiger partial charge >= 0.3 is 5.97 Å². The van der Waals surface area contributed by atoms with Crippen LogP contribution in [0.3, 0.4) is 0 Å². The van der Waals surface area contributed by atoms with E-state index in [0.29, 0.717) is 6.61 Å². The molecule has 0 rings (SSSR count). The van der Waals surface area contributed by atoms with Gasteiger partial charge in [0.05, 0.1) is 12.5 Å². The van der Waals surface area contributed by atoms with Crippen molar-refractivity contribution in [3.05, 3.63) is 0 Å². The molecule has 3 heteroatoms. The normalized spacial score (nSPS) is 12.8. The third kappa shape index (κ3) is 6.16. The molecule has 0 aliphatic carbocycles. The highest BCUT2D eigenvalue weighted by atomic mass is 16.5. The van der Waals surface area contributed by atoms with Gasteiger partial charge in [-0.15, -0.1) is 0 Å². The van der Waals surface area contributed by atoms with Crippen molar-refractivity contribution in [2.45, 2.75) is 45.6 Å². The third-order valence-electron chi connectivity index (χ3n) is 1.68. The number of unbranched alkanes of at least 4 members (excludes halogenated alkanes) is 1. The molecule has 0 heterocycles. The second-order valence-electron chi connectivity index (χ2n) is 2.82. The van der Waals surface area contributed by atoms with E-state index in [9.17, 15) is 4.79 Å². The van der Waals surface area contributed by atoms with Crippen LogP contribution in [-0.2, 0) is 9.53 Å². The van der Waals surface area contributed by atoms with Gasteiger partial charge < -0.3 is 9.84 Å². The van der Waals surface area contributed by atoms with Crippen molar-refractivity contribution < 1.29 is 14.6 Å². The molecule has 3 nitrogen and oxygen atoms in total. The van der Waals surface area contributed by atoms with Gasteiger partial charge in [-0.2, -0.15) is 0 Å². The maximum Gasteiger partial charge on any atom is 0.305 e. The number of carbonyl (C=O) groups is 1. The third-order valence-corrected chi connectivity index (χ3v) is 1.68. The molecular weight excluding hydrogens is 156 g/mol. The molecule has 0 saturated carbocycles. The van der Waals surface area contributed by atoms with Crippen LogP contribution >= 0.6 is 0 Å². The molecule has 0 radical (unpaired) electrons. The molecule has 0 aromatic heterocycles. The van der Waals surface area contributed by atoms with Gasteiger partial charge in [0.25, 0.3) is 0 Å². The fourth-order valence-electron chi connectivity index (χ4n) is 1.11. The Morgan fingerprint density at radius 2 is 2.17 bits per heavy atom. The summed E-state index contributed by atoms with van der Waals surface area (Å²) in [4.78, 5) is 10.4. The maximum absolute atomic E-state index is 10.4. The molecule has 0 aliphatic heterocycles. The highest BCUT2D eigenvalue weighted by Gasteiger charge is 2.11. The first kappa shape index (κ1) is 11.4. The topological polar surface area (TPSA) is 46.5 Å². The van der Waals surface area contributed by atoms with Gasteiger partial charge in [0.1, 0.15) is 0 Å². The lowest BCUT2D eigenvalue weighted by Crippen LogP contribution is -2.17. The molecule has 0 aliphatic rings. The van der Waals surface area contributed by atoms with Crippen molar-refractivity contribution in [1.82, 2.24) is 0 Å². The van der Waals surface area contributed by atoms with Gasteiger partial charge in [-0.3, -0.25) is 4.79 Å². The number of carboxylic acid groups (broad SMARTS) is 1. The Hall–Kier alpha value is -0.570. The second-order valence-corrected chi connectivity index (χ2v) is 2.82. The SMILES string of the molecule is CCCCC(CC(=O)O)OCC. The molecule has 0 bridgehead atoms. The largest absolute Gasteiger partial charge is 0.481 e. The fourth-order valence-corrected chi connectivity index (χ4v) is 1.11. The summed E-state index contributed by atoms with van der Waals surface area (Å²) in [5.74, 6) is -0.774. The minimum Gasteiger partial charge on any atom is -0.481 e. The van der Waals surface area contributed by atoms with E-state index in [1.165, 1.54) is 0 Å². The van der Waals surface area contributed by atoms with Crippen molar-refractivity contribution in [2.75, 3.05) is 6.61 Å². The summed E-state index contributed by atoms with van der Waals surface area (Å²) >= 11 is 0. The number of carboxylic acids is 1. The summed E-state index contributed by atoms with van der Waals surface area (Å²) in [6, 6.07) is 0. The molecule has 0 aromatic carbocycles. The smallest absolute Gasteiger partial charge is 0.305 e. The zero-order valence-electron chi connectivity index (χ0n) is 7.88. The van der Waals surface area contributed by atoms with Crippen LogP contribution in [0.15, 0.2) is 0 Å². The van der Waals surface area contributed by atoms with E-state index in [-0.39, 0.29) is 12.5 Å². The Morgan fingerprint density at radius 3 is 2.58 bits per heavy atom. The molecule has 0 saturated heterocycles. The fraction of sp³-hybridized carbons (Fsp3) is 0.889. The quantitative estimate of drug-likeness (QED) is 0.642. The highest BCUT2D eigenvalue weighted by Crippen LogP contribution is 2.08. The first-order chi connectivity index (χ1) is 5.70. The Kier molecular flexibility index (Phi) is 6.76. The Bertz CT molecular complexity index is 123. The molecule has 1 atom stereocenters. The number of rotatable bonds is 7. The summed E-state index contributed by atoms with van der Waals surface area (Å²) in [6.07, 6.45) is 3.03. The van der Waals surface area contributed by atoms with Crippen LogP contribution in [0.25, 0.3) is 0 Å². The van der Waals surface area contributed by atoms with E-state index in [1.807, 2.05) is 6.92 Å². The van der Waals surface area contributed by atoms with E-state index < -0.39 is 5.97 Å². The van der Waals surface area contributed by atoms with Gasteiger partial charge in [0, 0.05) is 6.61 Å². The molecule has 12 heavy (non-hydrogen) atoms. The van der Waals surface area contributed by atoms with Crippen LogP contribution < -0.4 is 0 Å². The lowest BCUT2D eigenvalue weighted by Gasteiger charge is -2.13. The second kappa shape index (κ2) is 7.10. The minimum absolute atomic E-state index is 0.0903. The van der Waals surface area contributed by atoms with Crippen molar-refractivity contribution in [1.29, 1.82) is 0 Å². The average molecular weight is 174 g/mol. The molecule has 0 aromatic rings. The number of hydrogen-bond donors (Lipinski definition) is 1. The van der Waals surface area contributed by atoms with Crippen LogP contribution in [0.1, 0.15) is 39.5 Å². The first-order valence-corrected chi connectivity index (χ1v) is 4.54. The minimum atomic E-state index is -0.774. The Labute approximate surface area is 73.7 Å². The molecule has 0 spiro atoms. The standard InChI is InChI=1S/C9H18O3/c1-3-5-6-8(12-4-2)7-9(10)11/h8H,3-7H2,1-2H3,(H,10,11).